The van der Waals surface area contributed by atoms with Crippen molar-refractivity contribution >= 4 is 15.9 Å². The van der Waals surface area contributed by atoms with Crippen LogP contribution in [-0.2, 0) is 16.4 Å². The number of hydrogen-bond acceptors (Lipinski definition) is 4. The first-order valence-corrected chi connectivity index (χ1v) is 10.1. The molecule has 2 fully saturated rings. The molecule has 6 nitrogen and oxygen atoms in total. The van der Waals surface area contributed by atoms with Crippen LogP contribution >= 0.6 is 0 Å². The van der Waals surface area contributed by atoms with E-state index in [9.17, 15) is 13.2 Å². The van der Waals surface area contributed by atoms with Gasteiger partial charge in [0.25, 0.3) is 5.91 Å². The molecule has 1 amide bonds. The maximum atomic E-state index is 13.2. The largest absolute Gasteiger partial charge is 0.352 e. The molecule has 1 N–H and O–H groups in total. The Morgan fingerprint density at radius 3 is 2.92 bits per heavy atom. The Balaban J connectivity index is 1.67. The number of amides is 1. The molecule has 130 valence electrons. The first kappa shape index (κ1) is 16.1. The summed E-state index contributed by atoms with van der Waals surface area (Å²) in [5.74, 6) is -0.179. The Morgan fingerprint density at radius 2 is 2.08 bits per heavy atom. The highest BCUT2D eigenvalue weighted by atomic mass is 32.2. The van der Waals surface area contributed by atoms with Crippen LogP contribution in [0.4, 0.5) is 0 Å². The molecule has 0 aliphatic carbocycles. The summed E-state index contributed by atoms with van der Waals surface area (Å²) >= 11 is 0. The molecular weight excluding hydrogens is 326 g/mol. The second-order valence-corrected chi connectivity index (χ2v) is 8.93. The van der Waals surface area contributed by atoms with Gasteiger partial charge in [0, 0.05) is 37.3 Å². The lowest BCUT2D eigenvalue weighted by Gasteiger charge is -2.41. The number of piperazine rings is 1. The van der Waals surface area contributed by atoms with Crippen molar-refractivity contribution in [2.45, 2.75) is 43.2 Å². The van der Waals surface area contributed by atoms with Crippen LogP contribution in [0.1, 0.15) is 35.7 Å². The highest BCUT2D eigenvalue weighted by Crippen LogP contribution is 2.30. The molecule has 2 saturated heterocycles. The van der Waals surface area contributed by atoms with E-state index in [4.69, 9.17) is 0 Å². The van der Waals surface area contributed by atoms with E-state index in [1.807, 2.05) is 6.92 Å². The van der Waals surface area contributed by atoms with Crippen LogP contribution in [0.5, 0.6) is 0 Å². The van der Waals surface area contributed by atoms with Gasteiger partial charge >= 0.3 is 0 Å². The van der Waals surface area contributed by atoms with E-state index < -0.39 is 10.0 Å². The summed E-state index contributed by atoms with van der Waals surface area (Å²) in [5, 5.41) is 2.78. The SMILES string of the molecule is C[C@H]1CN2CCC[C@@H]2CN1S(=O)(=O)c1ccc2c(c1)C(=O)NCC2. The second-order valence-electron chi connectivity index (χ2n) is 7.04. The number of rotatable bonds is 2. The molecule has 0 saturated carbocycles. The number of sulfonamides is 1. The van der Waals surface area contributed by atoms with Gasteiger partial charge in [-0.1, -0.05) is 6.07 Å². The van der Waals surface area contributed by atoms with Gasteiger partial charge in [-0.3, -0.25) is 9.69 Å². The molecule has 4 rings (SSSR count). The third-order valence-corrected chi connectivity index (χ3v) is 7.47. The number of benzene rings is 1. The minimum atomic E-state index is -3.58. The van der Waals surface area contributed by atoms with Crippen LogP contribution in [-0.4, -0.2) is 61.8 Å². The summed E-state index contributed by atoms with van der Waals surface area (Å²) in [5.41, 5.74) is 1.42. The Labute approximate surface area is 142 Å². The van der Waals surface area contributed by atoms with Gasteiger partial charge in [0.05, 0.1) is 4.90 Å². The topological polar surface area (TPSA) is 69.7 Å². The van der Waals surface area contributed by atoms with Crippen LogP contribution in [0.15, 0.2) is 23.1 Å². The molecule has 0 unspecified atom stereocenters. The fourth-order valence-electron chi connectivity index (χ4n) is 4.18. The number of carbonyl (C=O) groups excluding carboxylic acids is 1. The minimum absolute atomic E-state index is 0.0470. The van der Waals surface area contributed by atoms with E-state index in [1.165, 1.54) is 0 Å². The monoisotopic (exact) mass is 349 g/mol. The minimum Gasteiger partial charge on any atom is -0.352 e. The summed E-state index contributed by atoms with van der Waals surface area (Å²) in [6, 6.07) is 5.27. The van der Waals surface area contributed by atoms with Crippen molar-refractivity contribution < 1.29 is 13.2 Å². The normalized spacial score (nSPS) is 28.3. The van der Waals surface area contributed by atoms with E-state index in [0.29, 0.717) is 24.7 Å². The number of fused-ring (bicyclic) bond motifs is 2. The van der Waals surface area contributed by atoms with Crippen molar-refractivity contribution in [3.63, 3.8) is 0 Å². The average Bonchev–Trinajstić information content (AvgIpc) is 3.01. The van der Waals surface area contributed by atoms with Gasteiger partial charge in [-0.2, -0.15) is 4.31 Å². The standard InChI is InChI=1S/C17H23N3O3S/c1-12-10-19-8-2-3-14(19)11-20(12)24(22,23)15-5-4-13-6-7-18-17(21)16(13)9-15/h4-5,9,12,14H,2-3,6-8,10-11H2,1H3,(H,18,21)/t12-,14+/m0/s1. The lowest BCUT2D eigenvalue weighted by Crippen LogP contribution is -2.56. The molecule has 0 aromatic heterocycles. The van der Waals surface area contributed by atoms with Gasteiger partial charge in [-0.15, -0.1) is 0 Å². The fourth-order valence-corrected chi connectivity index (χ4v) is 5.87. The Morgan fingerprint density at radius 1 is 1.25 bits per heavy atom. The van der Waals surface area contributed by atoms with E-state index in [0.717, 1.165) is 37.9 Å². The zero-order valence-corrected chi connectivity index (χ0v) is 14.7. The molecule has 3 aliphatic heterocycles. The van der Waals surface area contributed by atoms with Crippen molar-refractivity contribution in [3.05, 3.63) is 29.3 Å². The first-order valence-electron chi connectivity index (χ1n) is 8.64. The summed E-state index contributed by atoms with van der Waals surface area (Å²) in [6.45, 7) is 4.99. The molecule has 0 radical (unpaired) electrons. The van der Waals surface area contributed by atoms with Crippen LogP contribution in [0.3, 0.4) is 0 Å². The molecule has 0 spiro atoms. The van der Waals surface area contributed by atoms with Gasteiger partial charge in [-0.25, -0.2) is 8.42 Å². The van der Waals surface area contributed by atoms with Gasteiger partial charge in [0.1, 0.15) is 0 Å². The zero-order valence-electron chi connectivity index (χ0n) is 13.9. The third-order valence-electron chi connectivity index (χ3n) is 5.49. The predicted molar refractivity (Wildman–Crippen MR) is 90.4 cm³/mol. The fraction of sp³-hybridized carbons (Fsp3) is 0.588. The molecule has 7 heteroatoms. The van der Waals surface area contributed by atoms with Crippen molar-refractivity contribution in [1.29, 1.82) is 0 Å². The van der Waals surface area contributed by atoms with Gasteiger partial charge in [0.15, 0.2) is 0 Å². The van der Waals surface area contributed by atoms with E-state index in [1.54, 1.807) is 22.5 Å². The van der Waals surface area contributed by atoms with Crippen LogP contribution in [0.25, 0.3) is 0 Å². The molecule has 3 heterocycles. The van der Waals surface area contributed by atoms with Crippen LogP contribution < -0.4 is 5.32 Å². The number of nitrogens with one attached hydrogen (secondary N) is 1. The third kappa shape index (κ3) is 2.55. The Bertz CT molecular complexity index is 777. The highest BCUT2D eigenvalue weighted by molar-refractivity contribution is 7.89. The van der Waals surface area contributed by atoms with E-state index in [-0.39, 0.29) is 16.8 Å². The molecule has 3 aliphatic rings. The molecule has 0 bridgehead atoms. The Hall–Kier alpha value is -1.44. The van der Waals surface area contributed by atoms with Crippen molar-refractivity contribution in [2.24, 2.45) is 0 Å². The molecule has 24 heavy (non-hydrogen) atoms. The maximum absolute atomic E-state index is 13.2. The van der Waals surface area contributed by atoms with Crippen molar-refractivity contribution in [3.8, 4) is 0 Å². The lowest BCUT2D eigenvalue weighted by molar-refractivity contribution is 0.0945. The van der Waals surface area contributed by atoms with Crippen LogP contribution in [0, 0.1) is 0 Å². The molecule has 2 atom stereocenters. The summed E-state index contributed by atoms with van der Waals surface area (Å²) in [6.07, 6.45) is 2.95. The highest BCUT2D eigenvalue weighted by Gasteiger charge is 2.40. The number of hydrogen-bond donors (Lipinski definition) is 1. The number of carbonyl (C=O) groups is 1. The number of nitrogens with zero attached hydrogens (tertiary/aromatic N) is 2. The Kier molecular flexibility index (Phi) is 3.89. The van der Waals surface area contributed by atoms with Crippen LogP contribution in [0.2, 0.25) is 0 Å². The van der Waals surface area contributed by atoms with Gasteiger partial charge < -0.3 is 5.32 Å². The molecule has 1 aromatic rings. The average molecular weight is 349 g/mol. The second kappa shape index (κ2) is 5.82. The maximum Gasteiger partial charge on any atom is 0.251 e. The van der Waals surface area contributed by atoms with Gasteiger partial charge in [-0.05, 0) is 50.4 Å². The van der Waals surface area contributed by atoms with Gasteiger partial charge in [0.2, 0.25) is 10.0 Å². The smallest absolute Gasteiger partial charge is 0.251 e. The van der Waals surface area contributed by atoms with E-state index in [2.05, 4.69) is 10.2 Å². The van der Waals surface area contributed by atoms with Crippen molar-refractivity contribution in [2.75, 3.05) is 26.2 Å². The van der Waals surface area contributed by atoms with Crippen molar-refractivity contribution in [1.82, 2.24) is 14.5 Å². The van der Waals surface area contributed by atoms with E-state index >= 15 is 0 Å². The first-order chi connectivity index (χ1) is 11.5. The molecular formula is C17H23N3O3S. The quantitative estimate of drug-likeness (QED) is 0.859. The summed E-state index contributed by atoms with van der Waals surface area (Å²) in [4.78, 5) is 14.7. The summed E-state index contributed by atoms with van der Waals surface area (Å²) in [7, 11) is -3.58. The molecule has 1 aromatic carbocycles. The zero-order chi connectivity index (χ0) is 16.9. The predicted octanol–water partition coefficient (Wildman–Crippen LogP) is 0.830. The lowest BCUT2D eigenvalue weighted by atomic mass is 10.0. The summed E-state index contributed by atoms with van der Waals surface area (Å²) < 4.78 is 27.9.